The number of rotatable bonds is 8. The van der Waals surface area contributed by atoms with Crippen LogP contribution >= 0.6 is 24.0 Å². The standard InChI is InChI=1S/C21H30F3N3O.HI/c1-25-18(26-14-19(7-4-8-19)11-12-28-2)27-15-20(9-10-20)16-5-3-6-17(13-16)21(22,23)24;/h3,5-6,13H,4,7-12,14-15H2,1-2H3,(H2,25,26,27);1H. The Morgan fingerprint density at radius 3 is 2.34 bits per heavy atom. The summed E-state index contributed by atoms with van der Waals surface area (Å²) in [4.78, 5) is 4.29. The zero-order chi connectivity index (χ0) is 20.3. The molecule has 164 valence electrons. The Kier molecular flexibility index (Phi) is 8.23. The third-order valence-electron chi connectivity index (χ3n) is 6.36. The van der Waals surface area contributed by atoms with Crippen LogP contribution in [0, 0.1) is 5.41 Å². The first kappa shape index (κ1) is 24.2. The molecule has 1 aromatic carbocycles. The lowest BCUT2D eigenvalue weighted by Gasteiger charge is -2.42. The van der Waals surface area contributed by atoms with E-state index in [2.05, 4.69) is 15.6 Å². The second-order valence-corrected chi connectivity index (χ2v) is 8.23. The lowest BCUT2D eigenvalue weighted by Crippen LogP contribution is -2.48. The van der Waals surface area contributed by atoms with Crippen molar-refractivity contribution in [1.82, 2.24) is 10.6 Å². The first-order chi connectivity index (χ1) is 13.3. The summed E-state index contributed by atoms with van der Waals surface area (Å²) in [5.74, 6) is 0.710. The van der Waals surface area contributed by atoms with Gasteiger partial charge in [-0.05, 0) is 49.1 Å². The average molecular weight is 525 g/mol. The van der Waals surface area contributed by atoms with Crippen LogP contribution in [0.1, 0.15) is 49.7 Å². The molecule has 29 heavy (non-hydrogen) atoms. The number of nitrogens with zero attached hydrogens (tertiary/aromatic N) is 1. The molecule has 0 spiro atoms. The van der Waals surface area contributed by atoms with Crippen molar-refractivity contribution in [1.29, 1.82) is 0 Å². The third-order valence-corrected chi connectivity index (χ3v) is 6.36. The number of halogens is 4. The molecule has 0 saturated heterocycles. The molecule has 0 aromatic heterocycles. The Morgan fingerprint density at radius 2 is 1.83 bits per heavy atom. The van der Waals surface area contributed by atoms with E-state index < -0.39 is 11.7 Å². The zero-order valence-electron chi connectivity index (χ0n) is 17.1. The van der Waals surface area contributed by atoms with Crippen molar-refractivity contribution < 1.29 is 17.9 Å². The fourth-order valence-corrected chi connectivity index (χ4v) is 4.00. The number of aliphatic imine (C=N–C) groups is 1. The first-order valence-corrected chi connectivity index (χ1v) is 9.94. The minimum atomic E-state index is -4.31. The summed E-state index contributed by atoms with van der Waals surface area (Å²) < 4.78 is 44.3. The number of ether oxygens (including phenoxy) is 1. The number of benzene rings is 1. The van der Waals surface area contributed by atoms with Gasteiger partial charge in [-0.1, -0.05) is 24.6 Å². The van der Waals surface area contributed by atoms with Crippen LogP contribution in [-0.2, 0) is 16.3 Å². The average Bonchev–Trinajstić information content (AvgIpc) is 3.43. The van der Waals surface area contributed by atoms with Gasteiger partial charge < -0.3 is 15.4 Å². The van der Waals surface area contributed by atoms with Crippen molar-refractivity contribution in [2.75, 3.05) is 33.9 Å². The molecule has 0 aliphatic heterocycles. The van der Waals surface area contributed by atoms with Gasteiger partial charge in [-0.25, -0.2) is 0 Å². The van der Waals surface area contributed by atoms with Crippen molar-refractivity contribution in [3.63, 3.8) is 0 Å². The lowest BCUT2D eigenvalue weighted by atomic mass is 9.67. The van der Waals surface area contributed by atoms with Crippen molar-refractivity contribution >= 4 is 29.9 Å². The molecule has 2 N–H and O–H groups in total. The highest BCUT2D eigenvalue weighted by molar-refractivity contribution is 14.0. The normalized spacial score (nSPS) is 19.7. The number of guanidine groups is 1. The van der Waals surface area contributed by atoms with Crippen LogP contribution in [0.2, 0.25) is 0 Å². The molecule has 2 aliphatic rings. The number of hydrogen-bond acceptors (Lipinski definition) is 2. The van der Waals surface area contributed by atoms with Gasteiger partial charge in [0.05, 0.1) is 5.56 Å². The summed E-state index contributed by atoms with van der Waals surface area (Å²) in [7, 11) is 3.45. The largest absolute Gasteiger partial charge is 0.416 e. The van der Waals surface area contributed by atoms with Crippen molar-refractivity contribution in [2.45, 2.75) is 50.1 Å². The van der Waals surface area contributed by atoms with Gasteiger partial charge in [0.25, 0.3) is 0 Å². The molecule has 1 aromatic rings. The molecule has 2 aliphatic carbocycles. The molecule has 0 unspecified atom stereocenters. The molecule has 0 bridgehead atoms. The monoisotopic (exact) mass is 525 g/mol. The summed E-state index contributed by atoms with van der Waals surface area (Å²) in [5, 5.41) is 6.74. The van der Waals surface area contributed by atoms with Gasteiger partial charge >= 0.3 is 6.18 Å². The van der Waals surface area contributed by atoms with E-state index in [4.69, 9.17) is 4.74 Å². The van der Waals surface area contributed by atoms with Crippen LogP contribution in [0.25, 0.3) is 0 Å². The second kappa shape index (κ2) is 9.85. The molecule has 0 atom stereocenters. The Labute approximate surface area is 188 Å². The molecular formula is C21H31F3IN3O. The number of nitrogens with one attached hydrogen (secondary N) is 2. The fraction of sp³-hybridized carbons (Fsp3) is 0.667. The van der Waals surface area contributed by atoms with Crippen LogP contribution < -0.4 is 10.6 Å². The van der Waals surface area contributed by atoms with E-state index in [1.54, 1.807) is 20.2 Å². The Balaban J connectivity index is 0.00000300. The molecule has 0 heterocycles. The summed E-state index contributed by atoms with van der Waals surface area (Å²) >= 11 is 0. The highest BCUT2D eigenvalue weighted by Crippen LogP contribution is 2.48. The van der Waals surface area contributed by atoms with E-state index in [9.17, 15) is 13.2 Å². The minimum Gasteiger partial charge on any atom is -0.385 e. The lowest BCUT2D eigenvalue weighted by molar-refractivity contribution is -0.137. The van der Waals surface area contributed by atoms with Gasteiger partial charge in [0.2, 0.25) is 0 Å². The van der Waals surface area contributed by atoms with Crippen LogP contribution in [0.15, 0.2) is 29.3 Å². The number of alkyl halides is 3. The highest BCUT2D eigenvalue weighted by Gasteiger charge is 2.45. The maximum atomic E-state index is 13.0. The van der Waals surface area contributed by atoms with E-state index in [-0.39, 0.29) is 34.8 Å². The topological polar surface area (TPSA) is 45.7 Å². The maximum Gasteiger partial charge on any atom is 0.416 e. The van der Waals surface area contributed by atoms with E-state index in [0.717, 1.165) is 44.0 Å². The van der Waals surface area contributed by atoms with E-state index in [1.807, 2.05) is 0 Å². The predicted molar refractivity (Wildman–Crippen MR) is 120 cm³/mol. The van der Waals surface area contributed by atoms with E-state index >= 15 is 0 Å². The quantitative estimate of drug-likeness (QED) is 0.293. The zero-order valence-corrected chi connectivity index (χ0v) is 19.4. The van der Waals surface area contributed by atoms with Crippen LogP contribution in [0.4, 0.5) is 13.2 Å². The summed E-state index contributed by atoms with van der Waals surface area (Å²) in [5.41, 5.74) is 0.208. The third kappa shape index (κ3) is 5.99. The Bertz CT molecular complexity index is 701. The van der Waals surface area contributed by atoms with Gasteiger partial charge in [-0.15, -0.1) is 24.0 Å². The smallest absolute Gasteiger partial charge is 0.385 e. The van der Waals surface area contributed by atoms with Crippen molar-refractivity contribution in [3.8, 4) is 0 Å². The van der Waals surface area contributed by atoms with Gasteiger partial charge in [0.15, 0.2) is 5.96 Å². The van der Waals surface area contributed by atoms with Crippen molar-refractivity contribution in [2.24, 2.45) is 10.4 Å². The maximum absolute atomic E-state index is 13.0. The summed E-state index contributed by atoms with van der Waals surface area (Å²) in [6.07, 6.45) is 2.11. The van der Waals surface area contributed by atoms with E-state index in [0.29, 0.717) is 12.5 Å². The van der Waals surface area contributed by atoms with Crippen LogP contribution in [-0.4, -0.2) is 39.8 Å². The van der Waals surface area contributed by atoms with E-state index in [1.165, 1.54) is 31.4 Å². The predicted octanol–water partition coefficient (Wildman–Crippen LogP) is 4.73. The fourth-order valence-electron chi connectivity index (χ4n) is 4.00. The SMILES string of the molecule is CN=C(NCC1(CCOC)CCC1)NCC1(c2cccc(C(F)(F)F)c2)CC1.I. The Morgan fingerprint density at radius 1 is 1.14 bits per heavy atom. The van der Waals surface area contributed by atoms with Gasteiger partial charge in [0.1, 0.15) is 0 Å². The summed E-state index contributed by atoms with van der Waals surface area (Å²) in [6.45, 7) is 2.18. The Hall–Kier alpha value is -1.03. The molecule has 0 amide bonds. The molecular weight excluding hydrogens is 494 g/mol. The molecule has 2 fully saturated rings. The highest BCUT2D eigenvalue weighted by atomic mass is 127. The van der Waals surface area contributed by atoms with Gasteiger partial charge in [0, 0.05) is 39.3 Å². The molecule has 2 saturated carbocycles. The minimum absolute atomic E-state index is 0. The molecule has 3 rings (SSSR count). The number of methoxy groups -OCH3 is 1. The molecule has 0 radical (unpaired) electrons. The number of hydrogen-bond donors (Lipinski definition) is 2. The van der Waals surface area contributed by atoms with Crippen molar-refractivity contribution in [3.05, 3.63) is 35.4 Å². The first-order valence-electron chi connectivity index (χ1n) is 9.94. The van der Waals surface area contributed by atoms with Gasteiger partial charge in [-0.2, -0.15) is 13.2 Å². The summed E-state index contributed by atoms with van der Waals surface area (Å²) in [6, 6.07) is 5.72. The van der Waals surface area contributed by atoms with Crippen LogP contribution in [0.5, 0.6) is 0 Å². The molecule has 8 heteroatoms. The van der Waals surface area contributed by atoms with Gasteiger partial charge in [-0.3, -0.25) is 4.99 Å². The molecule has 4 nitrogen and oxygen atoms in total. The second-order valence-electron chi connectivity index (χ2n) is 8.23. The van der Waals surface area contributed by atoms with Crippen LogP contribution in [0.3, 0.4) is 0 Å².